The van der Waals surface area contributed by atoms with Crippen molar-refractivity contribution < 1.29 is 23.4 Å². The highest BCUT2D eigenvalue weighted by Gasteiger charge is 2.15. The second kappa shape index (κ2) is 5.06. The number of hydrogen-bond acceptors (Lipinski definition) is 3. The normalized spacial score (nSPS) is 10.3. The van der Waals surface area contributed by atoms with E-state index in [0.717, 1.165) is 6.07 Å². The lowest BCUT2D eigenvalue weighted by Crippen LogP contribution is -1.93. The van der Waals surface area contributed by atoms with Crippen molar-refractivity contribution in [3.05, 3.63) is 47.5 Å². The van der Waals surface area contributed by atoms with Gasteiger partial charge in [-0.25, -0.2) is 8.78 Å². The average Bonchev–Trinajstić information content (AvgIpc) is 2.40. The lowest BCUT2D eigenvalue weighted by atomic mass is 10.0. The van der Waals surface area contributed by atoms with Crippen molar-refractivity contribution in [2.24, 2.45) is 0 Å². The predicted molar refractivity (Wildman–Crippen MR) is 65.4 cm³/mol. The summed E-state index contributed by atoms with van der Waals surface area (Å²) in [5.41, 5.74) is 0.272. The molecule has 5 heteroatoms. The monoisotopic (exact) mass is 264 g/mol. The van der Waals surface area contributed by atoms with Crippen LogP contribution < -0.4 is 4.74 Å². The Morgan fingerprint density at radius 3 is 2.47 bits per heavy atom. The van der Waals surface area contributed by atoms with Crippen LogP contribution in [0.3, 0.4) is 0 Å². The molecular weight excluding hydrogens is 254 g/mol. The molecule has 2 aromatic carbocycles. The number of halogens is 2. The van der Waals surface area contributed by atoms with Crippen LogP contribution in [0.25, 0.3) is 11.1 Å². The smallest absolute Gasteiger partial charge is 0.165 e. The van der Waals surface area contributed by atoms with Gasteiger partial charge in [0.05, 0.1) is 7.11 Å². The van der Waals surface area contributed by atoms with Crippen LogP contribution in [-0.2, 0) is 0 Å². The van der Waals surface area contributed by atoms with Gasteiger partial charge in [0, 0.05) is 22.8 Å². The van der Waals surface area contributed by atoms with E-state index in [-0.39, 0.29) is 28.2 Å². The summed E-state index contributed by atoms with van der Waals surface area (Å²) in [6.07, 6.45) is 0.549. The molecule has 0 aromatic heterocycles. The zero-order valence-corrected chi connectivity index (χ0v) is 9.98. The van der Waals surface area contributed by atoms with Crippen molar-refractivity contribution in [2.45, 2.75) is 0 Å². The molecule has 19 heavy (non-hydrogen) atoms. The third-order valence-corrected chi connectivity index (χ3v) is 2.67. The molecular formula is C14H10F2O3. The molecule has 3 nitrogen and oxygen atoms in total. The predicted octanol–water partition coefficient (Wildman–Crippen LogP) is 3.16. The Bertz CT molecular complexity index is 639. The first-order valence-electron chi connectivity index (χ1n) is 5.38. The second-order valence-electron chi connectivity index (χ2n) is 3.86. The summed E-state index contributed by atoms with van der Waals surface area (Å²) >= 11 is 0. The fourth-order valence-electron chi connectivity index (χ4n) is 1.77. The minimum absolute atomic E-state index is 0.0131. The van der Waals surface area contributed by atoms with Crippen molar-refractivity contribution in [3.63, 3.8) is 0 Å². The number of aldehydes is 1. The summed E-state index contributed by atoms with van der Waals surface area (Å²) in [5, 5.41) is 9.95. The lowest BCUT2D eigenvalue weighted by Gasteiger charge is -2.11. The zero-order chi connectivity index (χ0) is 14.0. The summed E-state index contributed by atoms with van der Waals surface area (Å²) in [7, 11) is 1.31. The van der Waals surface area contributed by atoms with E-state index in [9.17, 15) is 18.7 Å². The quantitative estimate of drug-likeness (QED) is 0.866. The first-order valence-corrected chi connectivity index (χ1v) is 5.38. The van der Waals surface area contributed by atoms with Gasteiger partial charge in [-0.3, -0.25) is 4.79 Å². The van der Waals surface area contributed by atoms with Crippen LogP contribution in [0.5, 0.6) is 11.5 Å². The summed E-state index contributed by atoms with van der Waals surface area (Å²) in [5.74, 6) is -1.82. The standard InChI is InChI=1S/C14H10F2O3/c1-19-13-5-8(7-17)4-11(14(13)18)10-3-2-9(15)6-12(10)16/h2-7,18H,1H3. The first-order chi connectivity index (χ1) is 9.06. The van der Waals surface area contributed by atoms with Gasteiger partial charge < -0.3 is 9.84 Å². The van der Waals surface area contributed by atoms with E-state index in [1.165, 1.54) is 25.3 Å². The molecule has 0 saturated heterocycles. The molecule has 1 N–H and O–H groups in total. The minimum atomic E-state index is -0.833. The number of methoxy groups -OCH3 is 1. The van der Waals surface area contributed by atoms with E-state index in [1.807, 2.05) is 0 Å². The Morgan fingerprint density at radius 1 is 1.16 bits per heavy atom. The van der Waals surface area contributed by atoms with Crippen molar-refractivity contribution in [3.8, 4) is 22.6 Å². The molecule has 0 unspecified atom stereocenters. The maximum atomic E-state index is 13.7. The molecule has 0 heterocycles. The van der Waals surface area contributed by atoms with E-state index in [1.54, 1.807) is 0 Å². The lowest BCUT2D eigenvalue weighted by molar-refractivity contribution is 0.112. The highest BCUT2D eigenvalue weighted by Crippen LogP contribution is 2.39. The maximum absolute atomic E-state index is 13.7. The number of carbonyl (C=O) groups excluding carboxylic acids is 1. The Kier molecular flexibility index (Phi) is 3.46. The molecule has 0 aliphatic rings. The number of rotatable bonds is 3. The molecule has 0 atom stereocenters. The fourth-order valence-corrected chi connectivity index (χ4v) is 1.77. The van der Waals surface area contributed by atoms with Crippen molar-refractivity contribution >= 4 is 6.29 Å². The molecule has 0 radical (unpaired) electrons. The summed E-state index contributed by atoms with van der Waals surface area (Å²) in [6.45, 7) is 0. The van der Waals surface area contributed by atoms with Crippen LogP contribution in [0, 0.1) is 11.6 Å². The highest BCUT2D eigenvalue weighted by molar-refractivity contribution is 5.84. The molecule has 98 valence electrons. The van der Waals surface area contributed by atoms with E-state index in [2.05, 4.69) is 0 Å². The summed E-state index contributed by atoms with van der Waals surface area (Å²) in [6, 6.07) is 5.59. The van der Waals surface area contributed by atoms with Gasteiger partial charge >= 0.3 is 0 Å². The third-order valence-electron chi connectivity index (χ3n) is 2.67. The molecule has 0 bridgehead atoms. The second-order valence-corrected chi connectivity index (χ2v) is 3.86. The number of aromatic hydroxyl groups is 1. The average molecular weight is 264 g/mol. The third kappa shape index (κ3) is 2.40. The maximum Gasteiger partial charge on any atom is 0.165 e. The van der Waals surface area contributed by atoms with Crippen molar-refractivity contribution in [1.29, 1.82) is 0 Å². The molecule has 2 aromatic rings. The van der Waals surface area contributed by atoms with E-state index in [0.29, 0.717) is 12.4 Å². The SMILES string of the molecule is COc1cc(C=O)cc(-c2ccc(F)cc2F)c1O. The number of phenolic OH excluding ortho intramolecular Hbond substituents is 1. The van der Waals surface area contributed by atoms with Gasteiger partial charge in [-0.15, -0.1) is 0 Å². The summed E-state index contributed by atoms with van der Waals surface area (Å²) in [4.78, 5) is 10.8. The topological polar surface area (TPSA) is 46.5 Å². The molecule has 0 amide bonds. The van der Waals surface area contributed by atoms with Gasteiger partial charge in [-0.2, -0.15) is 0 Å². The van der Waals surface area contributed by atoms with E-state index >= 15 is 0 Å². The fraction of sp³-hybridized carbons (Fsp3) is 0.0714. The Hall–Kier alpha value is -2.43. The van der Waals surface area contributed by atoms with E-state index in [4.69, 9.17) is 4.74 Å². The number of phenols is 1. The van der Waals surface area contributed by atoms with Crippen molar-refractivity contribution in [1.82, 2.24) is 0 Å². The molecule has 0 saturated carbocycles. The number of ether oxygens (including phenoxy) is 1. The molecule has 0 aliphatic carbocycles. The Balaban J connectivity index is 2.70. The zero-order valence-electron chi connectivity index (χ0n) is 9.98. The van der Waals surface area contributed by atoms with Gasteiger partial charge in [-0.1, -0.05) is 0 Å². The van der Waals surface area contributed by atoms with Crippen LogP contribution in [-0.4, -0.2) is 18.5 Å². The largest absolute Gasteiger partial charge is 0.504 e. The number of carbonyl (C=O) groups is 1. The first kappa shape index (κ1) is 13.0. The van der Waals surface area contributed by atoms with Crippen LogP contribution in [0.4, 0.5) is 8.78 Å². The molecule has 0 spiro atoms. The van der Waals surface area contributed by atoms with Gasteiger partial charge in [0.2, 0.25) is 0 Å². The molecule has 2 rings (SSSR count). The minimum Gasteiger partial charge on any atom is -0.504 e. The van der Waals surface area contributed by atoms with Gasteiger partial charge in [-0.05, 0) is 24.3 Å². The van der Waals surface area contributed by atoms with E-state index < -0.39 is 11.6 Å². The van der Waals surface area contributed by atoms with Crippen LogP contribution in [0.15, 0.2) is 30.3 Å². The van der Waals surface area contributed by atoms with Crippen LogP contribution in [0.1, 0.15) is 10.4 Å². The van der Waals surface area contributed by atoms with Crippen LogP contribution in [0.2, 0.25) is 0 Å². The molecule has 0 fully saturated rings. The summed E-state index contributed by atoms with van der Waals surface area (Å²) < 4.78 is 31.5. The van der Waals surface area contributed by atoms with Gasteiger partial charge in [0.15, 0.2) is 11.5 Å². The Labute approximate surface area is 108 Å². The van der Waals surface area contributed by atoms with Gasteiger partial charge in [0.25, 0.3) is 0 Å². The van der Waals surface area contributed by atoms with Crippen LogP contribution >= 0.6 is 0 Å². The number of hydrogen-bond donors (Lipinski definition) is 1. The highest BCUT2D eigenvalue weighted by atomic mass is 19.1. The molecule has 0 aliphatic heterocycles. The Morgan fingerprint density at radius 2 is 1.89 bits per heavy atom. The van der Waals surface area contributed by atoms with Gasteiger partial charge in [0.1, 0.15) is 17.9 Å². The van der Waals surface area contributed by atoms with Crippen molar-refractivity contribution in [2.75, 3.05) is 7.11 Å². The number of benzene rings is 2.